The Kier molecular flexibility index (Phi) is 6.57. The number of nitrogens with zero attached hydrogens (tertiary/aromatic N) is 1. The lowest BCUT2D eigenvalue weighted by Gasteiger charge is -2.06. The fourth-order valence-electron chi connectivity index (χ4n) is 2.26. The van der Waals surface area contributed by atoms with E-state index in [1.165, 1.54) is 6.21 Å². The summed E-state index contributed by atoms with van der Waals surface area (Å²) >= 11 is 11.9. The molecule has 3 rings (SSSR count). The molecule has 0 unspecified atom stereocenters. The van der Waals surface area contributed by atoms with E-state index < -0.39 is 5.91 Å². The molecule has 0 atom stereocenters. The minimum Gasteiger partial charge on any atom is -0.497 e. The van der Waals surface area contributed by atoms with Crippen molar-refractivity contribution in [1.82, 2.24) is 5.43 Å². The van der Waals surface area contributed by atoms with Crippen LogP contribution in [0.1, 0.15) is 21.9 Å². The summed E-state index contributed by atoms with van der Waals surface area (Å²) in [5.74, 6) is 1.27. The summed E-state index contributed by atoms with van der Waals surface area (Å²) in [7, 11) is 1.58. The molecular weight excluding hydrogens is 403 g/mol. The number of ether oxygens (including phenoxy) is 2. The largest absolute Gasteiger partial charge is 0.497 e. The van der Waals surface area contributed by atoms with Crippen molar-refractivity contribution < 1.29 is 18.7 Å². The fourth-order valence-corrected chi connectivity index (χ4v) is 2.72. The first-order chi connectivity index (χ1) is 13.5. The SMILES string of the molecule is COc1cccc(/C=N\NC(=O)c2ccc(COc3ccc(Cl)cc3Cl)o2)c1. The lowest BCUT2D eigenvalue weighted by molar-refractivity contribution is 0.0923. The molecule has 0 bridgehead atoms. The van der Waals surface area contributed by atoms with Gasteiger partial charge in [0.15, 0.2) is 5.76 Å². The van der Waals surface area contributed by atoms with Gasteiger partial charge in [0.25, 0.3) is 0 Å². The highest BCUT2D eigenvalue weighted by Crippen LogP contribution is 2.28. The molecular formula is C20H16Cl2N2O4. The zero-order valence-corrected chi connectivity index (χ0v) is 16.3. The summed E-state index contributed by atoms with van der Waals surface area (Å²) in [6.07, 6.45) is 1.51. The van der Waals surface area contributed by atoms with Crippen molar-refractivity contribution in [3.05, 3.63) is 81.7 Å². The molecule has 2 aromatic carbocycles. The lowest BCUT2D eigenvalue weighted by atomic mass is 10.2. The molecule has 28 heavy (non-hydrogen) atoms. The first-order valence-corrected chi connectivity index (χ1v) is 8.95. The summed E-state index contributed by atoms with van der Waals surface area (Å²) < 4.78 is 16.2. The molecule has 0 spiro atoms. The molecule has 144 valence electrons. The van der Waals surface area contributed by atoms with E-state index in [4.69, 9.17) is 37.1 Å². The molecule has 0 aliphatic carbocycles. The van der Waals surface area contributed by atoms with Gasteiger partial charge in [-0.3, -0.25) is 4.79 Å². The topological polar surface area (TPSA) is 73.1 Å². The molecule has 0 aliphatic heterocycles. The molecule has 8 heteroatoms. The summed E-state index contributed by atoms with van der Waals surface area (Å²) in [4.78, 5) is 12.1. The summed E-state index contributed by atoms with van der Waals surface area (Å²) in [5, 5.41) is 4.82. The summed E-state index contributed by atoms with van der Waals surface area (Å²) in [5.41, 5.74) is 3.19. The molecule has 0 fully saturated rings. The monoisotopic (exact) mass is 418 g/mol. The highest BCUT2D eigenvalue weighted by Gasteiger charge is 2.11. The standard InChI is InChI=1S/C20H16Cl2N2O4/c1-26-15-4-2-3-13(9-15)11-23-24-20(25)19-8-6-16(28-19)12-27-18-7-5-14(21)10-17(18)22/h2-11H,12H2,1H3,(H,24,25)/b23-11-. The molecule has 1 amide bonds. The van der Waals surface area contributed by atoms with Crippen LogP contribution in [0.15, 0.2) is 64.1 Å². The second-order valence-corrected chi connectivity index (χ2v) is 6.45. The van der Waals surface area contributed by atoms with Gasteiger partial charge >= 0.3 is 5.91 Å². The van der Waals surface area contributed by atoms with E-state index in [0.717, 1.165) is 5.56 Å². The van der Waals surface area contributed by atoms with Crippen LogP contribution < -0.4 is 14.9 Å². The Morgan fingerprint density at radius 3 is 2.82 bits per heavy atom. The van der Waals surface area contributed by atoms with Crippen molar-refractivity contribution in [2.24, 2.45) is 5.10 Å². The molecule has 1 aromatic heterocycles. The van der Waals surface area contributed by atoms with E-state index in [2.05, 4.69) is 10.5 Å². The van der Waals surface area contributed by atoms with E-state index in [0.29, 0.717) is 27.3 Å². The molecule has 3 aromatic rings. The number of hydrogen-bond acceptors (Lipinski definition) is 5. The zero-order valence-electron chi connectivity index (χ0n) is 14.8. The zero-order chi connectivity index (χ0) is 19.9. The Morgan fingerprint density at radius 1 is 1.18 bits per heavy atom. The van der Waals surface area contributed by atoms with Gasteiger partial charge in [0, 0.05) is 5.02 Å². The minimum absolute atomic E-state index is 0.113. The number of carbonyl (C=O) groups excluding carboxylic acids is 1. The molecule has 0 saturated heterocycles. The number of rotatable bonds is 7. The van der Waals surface area contributed by atoms with Crippen LogP contribution >= 0.6 is 23.2 Å². The van der Waals surface area contributed by atoms with Crippen LogP contribution in [0.25, 0.3) is 0 Å². The number of amides is 1. The number of hydrazone groups is 1. The average molecular weight is 419 g/mol. The van der Waals surface area contributed by atoms with E-state index in [-0.39, 0.29) is 12.4 Å². The lowest BCUT2D eigenvalue weighted by Crippen LogP contribution is -2.16. The predicted octanol–water partition coefficient (Wildman–Crippen LogP) is 4.94. The second-order valence-electron chi connectivity index (χ2n) is 5.61. The van der Waals surface area contributed by atoms with Crippen LogP contribution in [0.2, 0.25) is 10.0 Å². The second kappa shape index (κ2) is 9.30. The Morgan fingerprint density at radius 2 is 2.04 bits per heavy atom. The third kappa shape index (κ3) is 5.28. The predicted molar refractivity (Wildman–Crippen MR) is 108 cm³/mol. The smallest absolute Gasteiger partial charge is 0.307 e. The maximum Gasteiger partial charge on any atom is 0.307 e. The number of methoxy groups -OCH3 is 1. The van der Waals surface area contributed by atoms with Crippen molar-refractivity contribution in [3.63, 3.8) is 0 Å². The van der Waals surface area contributed by atoms with Crippen LogP contribution in [-0.2, 0) is 6.61 Å². The van der Waals surface area contributed by atoms with Gasteiger partial charge in [-0.2, -0.15) is 5.10 Å². The highest BCUT2D eigenvalue weighted by molar-refractivity contribution is 6.35. The van der Waals surface area contributed by atoms with Crippen molar-refractivity contribution in [2.75, 3.05) is 7.11 Å². The van der Waals surface area contributed by atoms with Crippen LogP contribution in [0.3, 0.4) is 0 Å². The van der Waals surface area contributed by atoms with E-state index in [1.54, 1.807) is 43.5 Å². The van der Waals surface area contributed by atoms with E-state index in [1.807, 2.05) is 18.2 Å². The van der Waals surface area contributed by atoms with Crippen molar-refractivity contribution >= 4 is 35.3 Å². The summed E-state index contributed by atoms with van der Waals surface area (Å²) in [6, 6.07) is 15.4. The first kappa shape index (κ1) is 19.8. The van der Waals surface area contributed by atoms with E-state index >= 15 is 0 Å². The van der Waals surface area contributed by atoms with Gasteiger partial charge < -0.3 is 13.9 Å². The first-order valence-electron chi connectivity index (χ1n) is 8.19. The normalized spacial score (nSPS) is 10.8. The fraction of sp³-hybridized carbons (Fsp3) is 0.100. The number of furan rings is 1. The molecule has 0 radical (unpaired) electrons. The molecule has 0 saturated carbocycles. The number of benzene rings is 2. The van der Waals surface area contributed by atoms with Crippen LogP contribution in [-0.4, -0.2) is 19.2 Å². The molecule has 6 nitrogen and oxygen atoms in total. The van der Waals surface area contributed by atoms with Gasteiger partial charge in [0.2, 0.25) is 0 Å². The number of halogens is 2. The van der Waals surface area contributed by atoms with Gasteiger partial charge in [-0.15, -0.1) is 0 Å². The highest BCUT2D eigenvalue weighted by atomic mass is 35.5. The van der Waals surface area contributed by atoms with Crippen molar-refractivity contribution in [1.29, 1.82) is 0 Å². The van der Waals surface area contributed by atoms with E-state index in [9.17, 15) is 4.79 Å². The molecule has 1 N–H and O–H groups in total. The Bertz CT molecular complexity index is 1000. The van der Waals surface area contributed by atoms with Gasteiger partial charge in [-0.25, -0.2) is 5.43 Å². The van der Waals surface area contributed by atoms with Crippen molar-refractivity contribution in [3.8, 4) is 11.5 Å². The maximum absolute atomic E-state index is 12.1. The quantitative estimate of drug-likeness (QED) is 0.435. The Labute approximate surface area is 171 Å². The Balaban J connectivity index is 1.55. The van der Waals surface area contributed by atoms with Gasteiger partial charge in [-0.1, -0.05) is 35.3 Å². The minimum atomic E-state index is -0.477. The summed E-state index contributed by atoms with van der Waals surface area (Å²) in [6.45, 7) is 0.113. The molecule has 0 aliphatic rings. The number of nitrogens with one attached hydrogen (secondary N) is 1. The number of carbonyl (C=O) groups is 1. The van der Waals surface area contributed by atoms with Gasteiger partial charge in [0.05, 0.1) is 18.3 Å². The van der Waals surface area contributed by atoms with Crippen molar-refractivity contribution in [2.45, 2.75) is 6.61 Å². The maximum atomic E-state index is 12.1. The van der Waals surface area contributed by atoms with Crippen LogP contribution in [0.4, 0.5) is 0 Å². The van der Waals surface area contributed by atoms with Crippen LogP contribution in [0.5, 0.6) is 11.5 Å². The third-order valence-corrected chi connectivity index (χ3v) is 4.15. The van der Waals surface area contributed by atoms with Gasteiger partial charge in [0.1, 0.15) is 23.9 Å². The van der Waals surface area contributed by atoms with Crippen LogP contribution in [0, 0.1) is 0 Å². The Hall–Kier alpha value is -2.96. The third-order valence-electron chi connectivity index (χ3n) is 3.62. The van der Waals surface area contributed by atoms with Gasteiger partial charge in [-0.05, 0) is 48.0 Å². The molecule has 1 heterocycles. The number of hydrogen-bond donors (Lipinski definition) is 1. The average Bonchev–Trinajstić information content (AvgIpc) is 3.16.